The molecule has 0 saturated carbocycles. The second kappa shape index (κ2) is 6.03. The molecule has 3 nitrogen and oxygen atoms in total. The number of hydrogen-bond acceptors (Lipinski definition) is 2. The van der Waals surface area contributed by atoms with Crippen molar-refractivity contribution < 1.29 is 9.18 Å². The summed E-state index contributed by atoms with van der Waals surface area (Å²) in [5.41, 5.74) is 8.09. The Kier molecular flexibility index (Phi) is 4.37. The number of hydrogen-bond donors (Lipinski definition) is 2. The molecule has 0 aliphatic heterocycles. The minimum absolute atomic E-state index is 0.0493. The molecular formula is C15H14ClFN2O. The van der Waals surface area contributed by atoms with E-state index in [1.54, 1.807) is 12.1 Å². The highest BCUT2D eigenvalue weighted by molar-refractivity contribution is 6.31. The zero-order valence-corrected chi connectivity index (χ0v) is 11.6. The van der Waals surface area contributed by atoms with Gasteiger partial charge in [0.2, 0.25) is 5.91 Å². The summed E-state index contributed by atoms with van der Waals surface area (Å²) in [7, 11) is 0. The minimum atomic E-state index is -0.792. The van der Waals surface area contributed by atoms with E-state index in [0.29, 0.717) is 11.3 Å². The Morgan fingerprint density at radius 1 is 1.25 bits per heavy atom. The predicted octanol–water partition coefficient (Wildman–Crippen LogP) is 3.43. The van der Waals surface area contributed by atoms with Crippen molar-refractivity contribution in [2.24, 2.45) is 5.73 Å². The number of benzene rings is 2. The molecule has 2 aromatic rings. The van der Waals surface area contributed by atoms with Gasteiger partial charge in [0, 0.05) is 5.69 Å². The molecule has 3 N–H and O–H groups in total. The first-order valence-electron chi connectivity index (χ1n) is 6.05. The van der Waals surface area contributed by atoms with Crippen molar-refractivity contribution in [1.82, 2.24) is 0 Å². The molecule has 0 aromatic heterocycles. The molecule has 5 heteroatoms. The highest BCUT2D eigenvalue weighted by atomic mass is 35.5. The third-order valence-electron chi connectivity index (χ3n) is 2.91. The molecule has 0 fully saturated rings. The molecule has 0 saturated heterocycles. The van der Waals surface area contributed by atoms with Crippen LogP contribution in [0.15, 0.2) is 42.5 Å². The van der Waals surface area contributed by atoms with Crippen molar-refractivity contribution in [2.45, 2.75) is 13.0 Å². The second-order valence-electron chi connectivity index (χ2n) is 4.51. The molecule has 1 atom stereocenters. The number of halogens is 2. The first kappa shape index (κ1) is 14.5. The monoisotopic (exact) mass is 292 g/mol. The first-order chi connectivity index (χ1) is 9.47. The third kappa shape index (κ3) is 3.35. The van der Waals surface area contributed by atoms with E-state index < -0.39 is 11.9 Å². The lowest BCUT2D eigenvalue weighted by molar-refractivity contribution is -0.117. The summed E-state index contributed by atoms with van der Waals surface area (Å²) in [5, 5.41) is 2.56. The molecule has 2 rings (SSSR count). The van der Waals surface area contributed by atoms with Crippen molar-refractivity contribution >= 4 is 23.2 Å². The highest BCUT2D eigenvalue weighted by Gasteiger charge is 2.16. The Hall–Kier alpha value is -1.91. The molecule has 0 aliphatic rings. The summed E-state index contributed by atoms with van der Waals surface area (Å²) in [6.45, 7) is 1.95. The van der Waals surface area contributed by atoms with Crippen LogP contribution < -0.4 is 11.1 Å². The number of aryl methyl sites for hydroxylation is 1. The lowest BCUT2D eigenvalue weighted by atomic mass is 10.1. The van der Waals surface area contributed by atoms with E-state index >= 15 is 0 Å². The molecule has 20 heavy (non-hydrogen) atoms. The molecule has 0 aliphatic carbocycles. The maximum absolute atomic E-state index is 13.0. The molecule has 0 heterocycles. The van der Waals surface area contributed by atoms with E-state index in [9.17, 15) is 9.18 Å². The van der Waals surface area contributed by atoms with Gasteiger partial charge in [0.15, 0.2) is 0 Å². The summed E-state index contributed by atoms with van der Waals surface area (Å²) in [6, 6.07) is 10.6. The van der Waals surface area contributed by atoms with Crippen molar-refractivity contribution in [2.75, 3.05) is 5.32 Å². The Balaban J connectivity index is 2.11. The summed E-state index contributed by atoms with van der Waals surface area (Å²) >= 11 is 5.65. The molecule has 1 unspecified atom stereocenters. The Bertz CT molecular complexity index is 628. The van der Waals surface area contributed by atoms with Gasteiger partial charge in [-0.15, -0.1) is 0 Å². The van der Waals surface area contributed by atoms with Gasteiger partial charge < -0.3 is 11.1 Å². The average molecular weight is 293 g/mol. The SMILES string of the molecule is Cc1ccc(C(N)C(=O)Nc2ccc(F)c(Cl)c2)cc1. The third-order valence-corrected chi connectivity index (χ3v) is 3.20. The van der Waals surface area contributed by atoms with Gasteiger partial charge in [-0.05, 0) is 30.7 Å². The fourth-order valence-corrected chi connectivity index (χ4v) is 1.90. The van der Waals surface area contributed by atoms with Crippen LogP contribution in [-0.4, -0.2) is 5.91 Å². The van der Waals surface area contributed by atoms with Gasteiger partial charge in [-0.3, -0.25) is 4.79 Å². The van der Waals surface area contributed by atoms with Gasteiger partial charge >= 0.3 is 0 Å². The van der Waals surface area contributed by atoms with Crippen LogP contribution in [-0.2, 0) is 4.79 Å². The summed E-state index contributed by atoms with van der Waals surface area (Å²) < 4.78 is 13.0. The van der Waals surface area contributed by atoms with Crippen LogP contribution in [0.3, 0.4) is 0 Å². The van der Waals surface area contributed by atoms with Gasteiger partial charge in [-0.1, -0.05) is 41.4 Å². The van der Waals surface area contributed by atoms with Crippen LogP contribution in [0.25, 0.3) is 0 Å². The van der Waals surface area contributed by atoms with Crippen LogP contribution in [0.5, 0.6) is 0 Å². The fraction of sp³-hybridized carbons (Fsp3) is 0.133. The van der Waals surface area contributed by atoms with E-state index in [0.717, 1.165) is 5.56 Å². The maximum Gasteiger partial charge on any atom is 0.245 e. The van der Waals surface area contributed by atoms with Crippen LogP contribution in [0.4, 0.5) is 10.1 Å². The van der Waals surface area contributed by atoms with Crippen molar-refractivity contribution in [3.63, 3.8) is 0 Å². The highest BCUT2D eigenvalue weighted by Crippen LogP contribution is 2.20. The van der Waals surface area contributed by atoms with Gasteiger partial charge in [0.05, 0.1) is 5.02 Å². The number of carbonyl (C=O) groups is 1. The van der Waals surface area contributed by atoms with Crippen LogP contribution in [0.1, 0.15) is 17.2 Å². The zero-order valence-electron chi connectivity index (χ0n) is 10.9. The van der Waals surface area contributed by atoms with Crippen molar-refractivity contribution in [1.29, 1.82) is 0 Å². The van der Waals surface area contributed by atoms with Crippen molar-refractivity contribution in [3.05, 3.63) is 64.4 Å². The van der Waals surface area contributed by atoms with Gasteiger partial charge in [0.1, 0.15) is 11.9 Å². The number of nitrogens with one attached hydrogen (secondary N) is 1. The molecule has 0 bridgehead atoms. The van der Waals surface area contributed by atoms with E-state index in [1.165, 1.54) is 18.2 Å². The summed E-state index contributed by atoms with van der Waals surface area (Å²) in [5.74, 6) is -0.913. The van der Waals surface area contributed by atoms with Crippen LogP contribution >= 0.6 is 11.6 Å². The first-order valence-corrected chi connectivity index (χ1v) is 6.43. The van der Waals surface area contributed by atoms with Gasteiger partial charge in [-0.2, -0.15) is 0 Å². The lowest BCUT2D eigenvalue weighted by Gasteiger charge is -2.13. The molecule has 0 spiro atoms. The number of carbonyl (C=O) groups excluding carboxylic acids is 1. The standard InChI is InChI=1S/C15H14ClFN2O/c1-9-2-4-10(5-3-9)14(18)15(20)19-11-6-7-13(17)12(16)8-11/h2-8,14H,18H2,1H3,(H,19,20). The largest absolute Gasteiger partial charge is 0.324 e. The lowest BCUT2D eigenvalue weighted by Crippen LogP contribution is -2.27. The van der Waals surface area contributed by atoms with Crippen LogP contribution in [0.2, 0.25) is 5.02 Å². The van der Waals surface area contributed by atoms with Gasteiger partial charge in [-0.25, -0.2) is 4.39 Å². The number of rotatable bonds is 3. The van der Waals surface area contributed by atoms with E-state index in [2.05, 4.69) is 5.32 Å². The maximum atomic E-state index is 13.0. The smallest absolute Gasteiger partial charge is 0.245 e. The van der Waals surface area contributed by atoms with Crippen molar-refractivity contribution in [3.8, 4) is 0 Å². The molecule has 2 aromatic carbocycles. The van der Waals surface area contributed by atoms with Gasteiger partial charge in [0.25, 0.3) is 0 Å². The Morgan fingerprint density at radius 2 is 1.90 bits per heavy atom. The Morgan fingerprint density at radius 3 is 2.50 bits per heavy atom. The van der Waals surface area contributed by atoms with E-state index in [1.807, 2.05) is 19.1 Å². The van der Waals surface area contributed by atoms with E-state index in [4.69, 9.17) is 17.3 Å². The normalized spacial score (nSPS) is 12.0. The number of anilines is 1. The number of amides is 1. The quantitative estimate of drug-likeness (QED) is 0.910. The topological polar surface area (TPSA) is 55.1 Å². The van der Waals surface area contributed by atoms with Crippen LogP contribution in [0, 0.1) is 12.7 Å². The zero-order chi connectivity index (χ0) is 14.7. The fourth-order valence-electron chi connectivity index (χ4n) is 1.72. The molecule has 1 amide bonds. The summed E-state index contributed by atoms with van der Waals surface area (Å²) in [6.07, 6.45) is 0. The minimum Gasteiger partial charge on any atom is -0.324 e. The Labute approximate surface area is 121 Å². The average Bonchev–Trinajstić information content (AvgIpc) is 2.43. The molecule has 104 valence electrons. The molecule has 0 radical (unpaired) electrons. The second-order valence-corrected chi connectivity index (χ2v) is 4.91. The summed E-state index contributed by atoms with van der Waals surface area (Å²) in [4.78, 5) is 12.0. The predicted molar refractivity (Wildman–Crippen MR) is 78.1 cm³/mol. The molecular weight excluding hydrogens is 279 g/mol. The number of nitrogens with two attached hydrogens (primary N) is 1. The van der Waals surface area contributed by atoms with E-state index in [-0.39, 0.29) is 10.9 Å².